The maximum Gasteiger partial charge on any atom is 0.327 e. The Balaban J connectivity index is 2.54. The highest BCUT2D eigenvalue weighted by Gasteiger charge is 2.40. The minimum absolute atomic E-state index is 0.493. The van der Waals surface area contributed by atoms with E-state index >= 15 is 0 Å². The van der Waals surface area contributed by atoms with Crippen molar-refractivity contribution in [1.29, 1.82) is 0 Å². The molecule has 0 aromatic heterocycles. The lowest BCUT2D eigenvalue weighted by molar-refractivity contribution is -0.0260. The summed E-state index contributed by atoms with van der Waals surface area (Å²) in [6.45, 7) is 8.80. The summed E-state index contributed by atoms with van der Waals surface area (Å²) in [6, 6.07) is 1.98. The Labute approximate surface area is 125 Å². The topological polar surface area (TPSA) is 58.9 Å². The van der Waals surface area contributed by atoms with Crippen molar-refractivity contribution in [3.05, 3.63) is 0 Å². The third-order valence-corrected chi connectivity index (χ3v) is 11.0. The third-order valence-electron chi connectivity index (χ3n) is 4.23. The first-order valence-electron chi connectivity index (χ1n) is 7.83. The van der Waals surface area contributed by atoms with Gasteiger partial charge in [0.1, 0.15) is 0 Å². The summed E-state index contributed by atoms with van der Waals surface area (Å²) >= 11 is 0. The summed E-state index contributed by atoms with van der Waals surface area (Å²) < 4.78 is 12.2. The zero-order valence-corrected chi connectivity index (χ0v) is 15.7. The van der Waals surface area contributed by atoms with Crippen LogP contribution in [-0.2, 0) is 8.54 Å². The van der Waals surface area contributed by atoms with Crippen LogP contribution < -0.4 is 0 Å². The van der Waals surface area contributed by atoms with E-state index in [1.807, 2.05) is 0 Å². The Bertz CT molecular complexity index is 289. The van der Waals surface area contributed by atoms with Crippen LogP contribution >= 0.6 is 0 Å². The summed E-state index contributed by atoms with van der Waals surface area (Å²) in [7, 11) is -1.90. The Morgan fingerprint density at radius 1 is 1.10 bits per heavy atom. The quantitative estimate of drug-likeness (QED) is 0.708. The number of aliphatic hydroxyl groups is 2. The second-order valence-corrected chi connectivity index (χ2v) is 15.5. The van der Waals surface area contributed by atoms with Crippen LogP contribution in [0.5, 0.6) is 0 Å². The lowest BCUT2D eigenvalue weighted by Gasteiger charge is -2.37. The van der Waals surface area contributed by atoms with Crippen LogP contribution in [0.3, 0.4) is 0 Å². The first kappa shape index (κ1) is 18.3. The molecule has 0 amide bonds. The van der Waals surface area contributed by atoms with Gasteiger partial charge in [0.2, 0.25) is 0 Å². The molecule has 0 radical (unpaired) electrons. The summed E-state index contributed by atoms with van der Waals surface area (Å²) in [5, 5.41) is 19.4. The van der Waals surface area contributed by atoms with E-state index in [2.05, 4.69) is 26.6 Å². The monoisotopic (exact) mass is 320 g/mol. The van der Waals surface area contributed by atoms with Gasteiger partial charge in [-0.1, -0.05) is 6.92 Å². The molecule has 0 heterocycles. The molecule has 120 valence electrons. The second-order valence-electron chi connectivity index (χ2n) is 7.04. The number of rotatable bonds is 7. The Morgan fingerprint density at radius 2 is 1.75 bits per heavy atom. The zero-order chi connectivity index (χ0) is 15.4. The maximum atomic E-state index is 9.78. The van der Waals surface area contributed by atoms with Crippen LogP contribution in [0.15, 0.2) is 0 Å². The highest BCUT2D eigenvalue weighted by molar-refractivity contribution is 6.82. The van der Waals surface area contributed by atoms with Gasteiger partial charge in [-0.25, -0.2) is 0 Å². The van der Waals surface area contributed by atoms with Crippen molar-refractivity contribution in [1.82, 2.24) is 0 Å². The molecule has 1 aliphatic rings. The lowest BCUT2D eigenvalue weighted by atomic mass is 9.84. The van der Waals surface area contributed by atoms with Gasteiger partial charge in [-0.2, -0.15) is 0 Å². The van der Waals surface area contributed by atoms with Gasteiger partial charge in [-0.15, -0.1) is 0 Å². The predicted molar refractivity (Wildman–Crippen MR) is 86.5 cm³/mol. The first-order chi connectivity index (χ1) is 9.21. The van der Waals surface area contributed by atoms with Gasteiger partial charge in [-0.3, -0.25) is 0 Å². The van der Waals surface area contributed by atoms with Crippen molar-refractivity contribution >= 4 is 16.9 Å². The van der Waals surface area contributed by atoms with Crippen molar-refractivity contribution in [3.8, 4) is 0 Å². The molecule has 1 rings (SSSR count). The molecule has 1 aliphatic carbocycles. The molecule has 0 aromatic rings. The minimum atomic E-state index is -2.08. The summed E-state index contributed by atoms with van der Waals surface area (Å²) in [5.41, 5.74) is 0. The average Bonchev–Trinajstić information content (AvgIpc) is 2.37. The van der Waals surface area contributed by atoms with Gasteiger partial charge in [0.05, 0.1) is 12.2 Å². The molecule has 2 N–H and O–H groups in total. The average molecular weight is 321 g/mol. The molecule has 0 aromatic carbocycles. The van der Waals surface area contributed by atoms with E-state index < -0.39 is 29.1 Å². The van der Waals surface area contributed by atoms with Crippen molar-refractivity contribution in [3.63, 3.8) is 0 Å². The lowest BCUT2D eigenvalue weighted by Crippen LogP contribution is -2.49. The van der Waals surface area contributed by atoms with E-state index in [-0.39, 0.29) is 0 Å². The summed E-state index contributed by atoms with van der Waals surface area (Å²) in [6.07, 6.45) is 2.40. The highest BCUT2D eigenvalue weighted by atomic mass is 28.4. The van der Waals surface area contributed by atoms with E-state index in [1.165, 1.54) is 0 Å². The number of hydrogen-bond acceptors (Lipinski definition) is 4. The van der Waals surface area contributed by atoms with Gasteiger partial charge in [-0.05, 0) is 63.3 Å². The second kappa shape index (κ2) is 7.51. The van der Waals surface area contributed by atoms with Gasteiger partial charge >= 0.3 is 8.56 Å². The first-order valence-corrected chi connectivity index (χ1v) is 13.5. The van der Waals surface area contributed by atoms with Gasteiger partial charge in [0.15, 0.2) is 8.32 Å². The molecule has 1 saturated carbocycles. The standard InChI is InChI=1S/C14H32O4Si2/c1-6-20(17-2,18-19(3,4)5)10-9-12-7-8-13(15)14(16)11-12/h12-16H,6-11H2,1-5H3. The summed E-state index contributed by atoms with van der Waals surface area (Å²) in [5.74, 6) is 0.493. The van der Waals surface area contributed by atoms with Gasteiger partial charge in [0, 0.05) is 7.11 Å². The summed E-state index contributed by atoms with van der Waals surface area (Å²) in [4.78, 5) is 0. The van der Waals surface area contributed by atoms with Crippen molar-refractivity contribution in [2.24, 2.45) is 5.92 Å². The fourth-order valence-corrected chi connectivity index (χ4v) is 10.5. The van der Waals surface area contributed by atoms with Crippen molar-refractivity contribution in [2.45, 2.75) is 76.5 Å². The fraction of sp³-hybridized carbons (Fsp3) is 1.00. The van der Waals surface area contributed by atoms with E-state index in [0.29, 0.717) is 18.8 Å². The molecule has 1 fully saturated rings. The van der Waals surface area contributed by atoms with E-state index in [9.17, 15) is 10.2 Å². The Hall–Kier alpha value is 0.274. The Kier molecular flexibility index (Phi) is 6.88. The maximum absolute atomic E-state index is 9.78. The normalized spacial score (nSPS) is 31.1. The molecule has 20 heavy (non-hydrogen) atoms. The molecule has 6 heteroatoms. The van der Waals surface area contributed by atoms with Crippen LogP contribution in [0.4, 0.5) is 0 Å². The van der Waals surface area contributed by atoms with Gasteiger partial charge < -0.3 is 18.8 Å². The molecule has 4 unspecified atom stereocenters. The molecule has 0 saturated heterocycles. The van der Waals surface area contributed by atoms with E-state index in [4.69, 9.17) is 8.54 Å². The predicted octanol–water partition coefficient (Wildman–Crippen LogP) is 2.86. The van der Waals surface area contributed by atoms with Crippen LogP contribution in [0.2, 0.25) is 31.7 Å². The van der Waals surface area contributed by atoms with Crippen molar-refractivity contribution < 1.29 is 18.8 Å². The van der Waals surface area contributed by atoms with Crippen LogP contribution in [0, 0.1) is 5.92 Å². The zero-order valence-electron chi connectivity index (χ0n) is 13.7. The third kappa shape index (κ3) is 5.57. The molecular weight excluding hydrogens is 288 g/mol. The SMILES string of the molecule is CC[Si](CCC1CCC(O)C(O)C1)(OC)O[Si](C)(C)C. The van der Waals surface area contributed by atoms with E-state index in [1.54, 1.807) is 7.11 Å². The molecule has 4 atom stereocenters. The molecule has 4 nitrogen and oxygen atoms in total. The van der Waals surface area contributed by atoms with Crippen LogP contribution in [-0.4, -0.2) is 46.4 Å². The van der Waals surface area contributed by atoms with Crippen LogP contribution in [0.25, 0.3) is 0 Å². The van der Waals surface area contributed by atoms with Crippen LogP contribution in [0.1, 0.15) is 32.6 Å². The fourth-order valence-electron chi connectivity index (χ4n) is 3.05. The van der Waals surface area contributed by atoms with E-state index in [0.717, 1.165) is 24.9 Å². The molecule has 0 bridgehead atoms. The largest absolute Gasteiger partial charge is 0.436 e. The molecular formula is C14H32O4Si2. The smallest absolute Gasteiger partial charge is 0.327 e. The Morgan fingerprint density at radius 3 is 2.20 bits per heavy atom. The molecule has 0 aliphatic heterocycles. The number of aliphatic hydroxyl groups excluding tert-OH is 2. The number of hydrogen-bond donors (Lipinski definition) is 2. The highest BCUT2D eigenvalue weighted by Crippen LogP contribution is 2.33. The van der Waals surface area contributed by atoms with Gasteiger partial charge in [0.25, 0.3) is 0 Å². The minimum Gasteiger partial charge on any atom is -0.436 e. The molecule has 0 spiro atoms. The van der Waals surface area contributed by atoms with Crippen molar-refractivity contribution in [2.75, 3.05) is 7.11 Å².